The zero-order valence-corrected chi connectivity index (χ0v) is 20.5. The van der Waals surface area contributed by atoms with Gasteiger partial charge in [0.05, 0.1) is 28.4 Å². The number of anilines is 1. The molecule has 2 aliphatic rings. The average molecular weight is 492 g/mol. The van der Waals surface area contributed by atoms with Gasteiger partial charge in [0.15, 0.2) is 0 Å². The first-order valence-electron chi connectivity index (χ1n) is 11.5. The number of fused-ring (bicyclic) bond motifs is 1. The van der Waals surface area contributed by atoms with Crippen LogP contribution >= 0.6 is 11.3 Å². The van der Waals surface area contributed by atoms with Crippen LogP contribution in [0.1, 0.15) is 63.8 Å². The number of sulfonamides is 1. The molecule has 0 radical (unpaired) electrons. The van der Waals surface area contributed by atoms with Crippen molar-refractivity contribution in [1.82, 2.24) is 4.31 Å². The van der Waals surface area contributed by atoms with E-state index in [4.69, 9.17) is 5.73 Å². The Labute approximate surface area is 198 Å². The number of primary amides is 1. The molecule has 8 nitrogen and oxygen atoms in total. The normalized spacial score (nSPS) is 19.5. The Kier molecular flexibility index (Phi) is 7.18. The lowest BCUT2D eigenvalue weighted by Gasteiger charge is -2.22. The van der Waals surface area contributed by atoms with Gasteiger partial charge in [-0.25, -0.2) is 8.42 Å². The number of benzene rings is 1. The standard InChI is InChI=1S/C23H30N4O4S2/c1-2-26-14-11-18-19(15-26)32-23(20(18)21(24)28)25-22(29)16-7-9-17(10-8-16)33(30,31)27-12-5-3-4-6-13-27/h7-10H,2-6,11-15H2,1H3,(H2,24,28)(H,25,29)/p+1. The third kappa shape index (κ3) is 4.98. The molecule has 1 atom stereocenters. The van der Waals surface area contributed by atoms with Crippen LogP contribution in [0.4, 0.5) is 5.00 Å². The van der Waals surface area contributed by atoms with Gasteiger partial charge in [-0.2, -0.15) is 4.31 Å². The summed E-state index contributed by atoms with van der Waals surface area (Å²) in [6.45, 7) is 5.93. The van der Waals surface area contributed by atoms with Crippen molar-refractivity contribution < 1.29 is 22.9 Å². The molecule has 2 aliphatic heterocycles. The second-order valence-electron chi connectivity index (χ2n) is 8.65. The third-order valence-electron chi connectivity index (χ3n) is 6.52. The second kappa shape index (κ2) is 9.92. The van der Waals surface area contributed by atoms with Crippen molar-refractivity contribution in [3.63, 3.8) is 0 Å². The quantitative estimate of drug-likeness (QED) is 0.570. The van der Waals surface area contributed by atoms with Crippen molar-refractivity contribution in [3.05, 3.63) is 45.8 Å². The Balaban J connectivity index is 1.53. The minimum atomic E-state index is -3.57. The number of rotatable bonds is 6. The molecule has 10 heteroatoms. The van der Waals surface area contributed by atoms with Gasteiger partial charge in [-0.1, -0.05) is 12.8 Å². The average Bonchev–Trinajstić information content (AvgIpc) is 2.96. The number of likely N-dealkylation sites (N-methyl/N-ethyl adjacent to an activating group) is 1. The monoisotopic (exact) mass is 491 g/mol. The van der Waals surface area contributed by atoms with Crippen molar-refractivity contribution in [2.45, 2.75) is 50.5 Å². The van der Waals surface area contributed by atoms with Crippen LogP contribution in [0.5, 0.6) is 0 Å². The fraction of sp³-hybridized carbons (Fsp3) is 0.478. The van der Waals surface area contributed by atoms with E-state index < -0.39 is 21.8 Å². The number of thiophene rings is 1. The fourth-order valence-electron chi connectivity index (χ4n) is 4.57. The molecule has 1 saturated heterocycles. The molecule has 1 unspecified atom stereocenters. The smallest absolute Gasteiger partial charge is 0.256 e. The lowest BCUT2D eigenvalue weighted by Crippen LogP contribution is -3.11. The summed E-state index contributed by atoms with van der Waals surface area (Å²) < 4.78 is 27.5. The first-order chi connectivity index (χ1) is 15.8. The second-order valence-corrected chi connectivity index (χ2v) is 11.7. The van der Waals surface area contributed by atoms with E-state index in [1.54, 1.807) is 0 Å². The Bertz CT molecular complexity index is 1130. The largest absolute Gasteiger partial charge is 0.365 e. The summed E-state index contributed by atoms with van der Waals surface area (Å²) in [6.07, 6.45) is 4.57. The summed E-state index contributed by atoms with van der Waals surface area (Å²) in [6, 6.07) is 5.99. The van der Waals surface area contributed by atoms with Gasteiger partial charge in [-0.3, -0.25) is 9.59 Å². The van der Waals surface area contributed by atoms with Crippen molar-refractivity contribution in [2.75, 3.05) is 31.5 Å². The molecule has 0 saturated carbocycles. The van der Waals surface area contributed by atoms with Gasteiger partial charge < -0.3 is 16.0 Å². The maximum atomic E-state index is 13.0. The van der Waals surface area contributed by atoms with Crippen molar-refractivity contribution in [1.29, 1.82) is 0 Å². The Morgan fingerprint density at radius 1 is 1.12 bits per heavy atom. The molecule has 1 aromatic carbocycles. The zero-order chi connectivity index (χ0) is 23.6. The third-order valence-corrected chi connectivity index (χ3v) is 9.58. The molecule has 3 heterocycles. The first kappa shape index (κ1) is 23.9. The maximum absolute atomic E-state index is 13.0. The SMILES string of the molecule is CC[NH+]1CCc2c(sc(NC(=O)c3ccc(S(=O)(=O)N4CCCCCC4)cc3)c2C(N)=O)C1. The predicted octanol–water partition coefficient (Wildman–Crippen LogP) is 1.62. The highest BCUT2D eigenvalue weighted by Crippen LogP contribution is 2.34. The van der Waals surface area contributed by atoms with Gasteiger partial charge >= 0.3 is 0 Å². The summed E-state index contributed by atoms with van der Waals surface area (Å²) >= 11 is 1.40. The number of amides is 2. The van der Waals surface area contributed by atoms with Crippen LogP contribution in [-0.2, 0) is 23.0 Å². The number of carbonyl (C=O) groups excluding carboxylic acids is 2. The molecule has 178 valence electrons. The van der Waals surface area contributed by atoms with E-state index in [1.165, 1.54) is 44.8 Å². The highest BCUT2D eigenvalue weighted by Gasteiger charge is 2.30. The highest BCUT2D eigenvalue weighted by molar-refractivity contribution is 7.89. The van der Waals surface area contributed by atoms with E-state index in [1.807, 2.05) is 0 Å². The minimum absolute atomic E-state index is 0.188. The van der Waals surface area contributed by atoms with Gasteiger partial charge in [0.1, 0.15) is 11.5 Å². The molecule has 0 bridgehead atoms. The molecule has 1 aromatic heterocycles. The summed E-state index contributed by atoms with van der Waals surface area (Å²) in [5, 5.41) is 3.31. The number of hydrogen-bond donors (Lipinski definition) is 3. The van der Waals surface area contributed by atoms with Crippen LogP contribution in [-0.4, -0.2) is 50.7 Å². The van der Waals surface area contributed by atoms with Crippen LogP contribution in [0.2, 0.25) is 0 Å². The van der Waals surface area contributed by atoms with Gasteiger partial charge in [0, 0.05) is 25.1 Å². The summed E-state index contributed by atoms with van der Waals surface area (Å²) in [5.41, 5.74) is 7.32. The zero-order valence-electron chi connectivity index (χ0n) is 18.9. The number of quaternary nitrogens is 1. The summed E-state index contributed by atoms with van der Waals surface area (Å²) in [4.78, 5) is 27.8. The van der Waals surface area contributed by atoms with E-state index in [-0.39, 0.29) is 4.90 Å². The number of carbonyl (C=O) groups is 2. The van der Waals surface area contributed by atoms with Crippen LogP contribution < -0.4 is 16.0 Å². The lowest BCUT2D eigenvalue weighted by atomic mass is 10.0. The van der Waals surface area contributed by atoms with Gasteiger partial charge in [-0.05, 0) is 49.6 Å². The number of hydrogen-bond acceptors (Lipinski definition) is 5. The lowest BCUT2D eigenvalue weighted by molar-refractivity contribution is -0.913. The first-order valence-corrected chi connectivity index (χ1v) is 13.8. The topological polar surface area (TPSA) is 114 Å². The summed E-state index contributed by atoms with van der Waals surface area (Å²) in [7, 11) is -3.57. The van der Waals surface area contributed by atoms with Crippen molar-refractivity contribution in [2.24, 2.45) is 5.73 Å². The molecular formula is C23H31N4O4S2+. The molecule has 2 amide bonds. The van der Waals surface area contributed by atoms with E-state index in [2.05, 4.69) is 12.2 Å². The molecule has 33 heavy (non-hydrogen) atoms. The maximum Gasteiger partial charge on any atom is 0.256 e. The van der Waals surface area contributed by atoms with E-state index in [0.717, 1.165) is 62.2 Å². The predicted molar refractivity (Wildman–Crippen MR) is 128 cm³/mol. The Morgan fingerprint density at radius 2 is 1.79 bits per heavy atom. The van der Waals surface area contributed by atoms with Crippen LogP contribution in [0.15, 0.2) is 29.2 Å². The van der Waals surface area contributed by atoms with Crippen LogP contribution in [0, 0.1) is 0 Å². The van der Waals surface area contributed by atoms with Gasteiger partial charge in [0.2, 0.25) is 10.0 Å². The molecule has 4 rings (SSSR count). The molecule has 2 aromatic rings. The molecule has 1 fully saturated rings. The molecule has 0 aliphatic carbocycles. The number of nitrogens with two attached hydrogens (primary N) is 1. The van der Waals surface area contributed by atoms with Crippen molar-refractivity contribution in [3.8, 4) is 0 Å². The van der Waals surface area contributed by atoms with Gasteiger partial charge in [-0.15, -0.1) is 11.3 Å². The molecule has 0 spiro atoms. The number of nitrogens with one attached hydrogen (secondary N) is 2. The van der Waals surface area contributed by atoms with Crippen LogP contribution in [0.25, 0.3) is 0 Å². The van der Waals surface area contributed by atoms with E-state index in [0.29, 0.717) is 29.2 Å². The minimum Gasteiger partial charge on any atom is -0.365 e. The highest BCUT2D eigenvalue weighted by atomic mass is 32.2. The Morgan fingerprint density at radius 3 is 2.39 bits per heavy atom. The number of nitrogens with zero attached hydrogens (tertiary/aromatic N) is 1. The molecular weight excluding hydrogens is 460 g/mol. The molecule has 4 N–H and O–H groups in total. The van der Waals surface area contributed by atoms with E-state index >= 15 is 0 Å². The van der Waals surface area contributed by atoms with Crippen LogP contribution in [0.3, 0.4) is 0 Å². The van der Waals surface area contributed by atoms with E-state index in [9.17, 15) is 18.0 Å². The Hall–Kier alpha value is -2.27. The fourth-order valence-corrected chi connectivity index (χ4v) is 7.41. The van der Waals surface area contributed by atoms with Gasteiger partial charge in [0.25, 0.3) is 11.8 Å². The van der Waals surface area contributed by atoms with Crippen molar-refractivity contribution >= 4 is 38.2 Å². The summed E-state index contributed by atoms with van der Waals surface area (Å²) in [5.74, 6) is -0.934.